The van der Waals surface area contributed by atoms with Crippen LogP contribution in [0.2, 0.25) is 0 Å². The smallest absolute Gasteiger partial charge is 0.282 e. The molecule has 1 N–H and O–H groups in total. The van der Waals surface area contributed by atoms with E-state index in [1.807, 2.05) is 41.1 Å². The number of nitro groups is 1. The fourth-order valence-corrected chi connectivity index (χ4v) is 3.62. The molecule has 0 fully saturated rings. The predicted octanol–water partition coefficient (Wildman–Crippen LogP) is 2.35. The fraction of sp³-hybridized carbons (Fsp3) is 0.190. The molecule has 0 radical (unpaired) electrons. The van der Waals surface area contributed by atoms with Crippen LogP contribution in [0.3, 0.4) is 0 Å². The third-order valence-electron chi connectivity index (χ3n) is 5.09. The molecule has 9 heteroatoms. The molecule has 0 bridgehead atoms. The Bertz CT molecular complexity index is 1180. The molecule has 0 saturated heterocycles. The quantitative estimate of drug-likeness (QED) is 0.367. The molecular formula is C21H18N4O5. The first-order valence-corrected chi connectivity index (χ1v) is 9.41. The van der Waals surface area contributed by atoms with E-state index in [4.69, 9.17) is 0 Å². The third kappa shape index (κ3) is 3.41. The lowest BCUT2D eigenvalue weighted by Gasteiger charge is -2.13. The molecule has 1 aliphatic rings. The SMILES string of the molecule is O=C(CCN1C(=O)c2cccc([N+](=O)[O-])c2C1=O)NCCn1ccc2ccccc21. The number of imide groups is 1. The Kier molecular flexibility index (Phi) is 5.01. The van der Waals surface area contributed by atoms with Crippen LogP contribution in [0.15, 0.2) is 54.7 Å². The van der Waals surface area contributed by atoms with Crippen molar-refractivity contribution in [3.05, 3.63) is 76.0 Å². The van der Waals surface area contributed by atoms with Gasteiger partial charge in [-0.15, -0.1) is 0 Å². The van der Waals surface area contributed by atoms with Gasteiger partial charge in [-0.1, -0.05) is 24.3 Å². The van der Waals surface area contributed by atoms with Crippen molar-refractivity contribution in [2.45, 2.75) is 13.0 Å². The van der Waals surface area contributed by atoms with Crippen molar-refractivity contribution in [2.75, 3.05) is 13.1 Å². The Hall–Kier alpha value is -4.01. The molecule has 9 nitrogen and oxygen atoms in total. The monoisotopic (exact) mass is 406 g/mol. The number of nitrogens with one attached hydrogen (secondary N) is 1. The van der Waals surface area contributed by atoms with Crippen LogP contribution in [0, 0.1) is 10.1 Å². The van der Waals surface area contributed by atoms with E-state index < -0.39 is 22.4 Å². The van der Waals surface area contributed by atoms with E-state index in [9.17, 15) is 24.5 Å². The number of benzene rings is 2. The average Bonchev–Trinajstić information content (AvgIpc) is 3.26. The molecule has 0 unspecified atom stereocenters. The number of rotatable bonds is 7. The normalized spacial score (nSPS) is 13.0. The maximum atomic E-state index is 12.5. The van der Waals surface area contributed by atoms with Crippen molar-refractivity contribution in [3.8, 4) is 0 Å². The maximum Gasteiger partial charge on any atom is 0.282 e. The summed E-state index contributed by atoms with van der Waals surface area (Å²) in [5.41, 5.74) is 0.442. The largest absolute Gasteiger partial charge is 0.354 e. The highest BCUT2D eigenvalue weighted by atomic mass is 16.6. The first-order chi connectivity index (χ1) is 14.5. The van der Waals surface area contributed by atoms with Gasteiger partial charge in [0.15, 0.2) is 0 Å². The Morgan fingerprint density at radius 2 is 1.80 bits per heavy atom. The van der Waals surface area contributed by atoms with E-state index in [-0.39, 0.29) is 30.0 Å². The highest BCUT2D eigenvalue weighted by Crippen LogP contribution is 2.30. The van der Waals surface area contributed by atoms with Gasteiger partial charge in [0, 0.05) is 43.8 Å². The molecule has 2 heterocycles. The Balaban J connectivity index is 1.33. The average molecular weight is 406 g/mol. The first-order valence-electron chi connectivity index (χ1n) is 9.41. The number of nitrogens with zero attached hydrogens (tertiary/aromatic N) is 3. The summed E-state index contributed by atoms with van der Waals surface area (Å²) >= 11 is 0. The lowest BCUT2D eigenvalue weighted by atomic mass is 10.1. The summed E-state index contributed by atoms with van der Waals surface area (Å²) in [5.74, 6) is -1.67. The summed E-state index contributed by atoms with van der Waals surface area (Å²) in [6.07, 6.45) is 1.87. The third-order valence-corrected chi connectivity index (χ3v) is 5.09. The number of hydrogen-bond donors (Lipinski definition) is 1. The van der Waals surface area contributed by atoms with Crippen molar-refractivity contribution in [2.24, 2.45) is 0 Å². The number of para-hydroxylation sites is 1. The van der Waals surface area contributed by atoms with E-state index >= 15 is 0 Å². The van der Waals surface area contributed by atoms with Crippen molar-refractivity contribution < 1.29 is 19.3 Å². The Morgan fingerprint density at radius 3 is 2.60 bits per heavy atom. The zero-order valence-corrected chi connectivity index (χ0v) is 15.9. The molecule has 0 spiro atoms. The van der Waals surface area contributed by atoms with Crippen LogP contribution >= 0.6 is 0 Å². The lowest BCUT2D eigenvalue weighted by Crippen LogP contribution is -2.35. The Morgan fingerprint density at radius 1 is 1.00 bits per heavy atom. The van der Waals surface area contributed by atoms with E-state index in [1.165, 1.54) is 18.2 Å². The molecule has 4 rings (SSSR count). The van der Waals surface area contributed by atoms with Crippen molar-refractivity contribution >= 4 is 34.3 Å². The molecule has 0 atom stereocenters. The molecule has 30 heavy (non-hydrogen) atoms. The summed E-state index contributed by atoms with van der Waals surface area (Å²) < 4.78 is 2.03. The van der Waals surface area contributed by atoms with Gasteiger partial charge in [0.25, 0.3) is 17.5 Å². The van der Waals surface area contributed by atoms with E-state index in [2.05, 4.69) is 5.32 Å². The van der Waals surface area contributed by atoms with Crippen molar-refractivity contribution in [1.82, 2.24) is 14.8 Å². The highest BCUT2D eigenvalue weighted by Gasteiger charge is 2.40. The lowest BCUT2D eigenvalue weighted by molar-refractivity contribution is -0.385. The molecule has 3 amide bonds. The van der Waals surface area contributed by atoms with Gasteiger partial charge in [0.2, 0.25) is 5.91 Å². The number of carbonyl (C=O) groups is 3. The molecule has 1 aromatic heterocycles. The second-order valence-corrected chi connectivity index (χ2v) is 6.89. The van der Waals surface area contributed by atoms with E-state index in [0.29, 0.717) is 13.1 Å². The van der Waals surface area contributed by atoms with Gasteiger partial charge in [-0.2, -0.15) is 0 Å². The summed E-state index contributed by atoms with van der Waals surface area (Å²) in [6, 6.07) is 13.8. The minimum atomic E-state index is -0.742. The van der Waals surface area contributed by atoms with Gasteiger partial charge < -0.3 is 9.88 Å². The number of fused-ring (bicyclic) bond motifs is 2. The minimum Gasteiger partial charge on any atom is -0.354 e. The van der Waals surface area contributed by atoms with E-state index in [0.717, 1.165) is 15.8 Å². The van der Waals surface area contributed by atoms with Crippen LogP contribution < -0.4 is 5.32 Å². The van der Waals surface area contributed by atoms with Crippen LogP contribution in [0.25, 0.3) is 10.9 Å². The number of hydrogen-bond acceptors (Lipinski definition) is 5. The van der Waals surface area contributed by atoms with Crippen molar-refractivity contribution in [3.63, 3.8) is 0 Å². The summed E-state index contributed by atoms with van der Waals surface area (Å²) in [4.78, 5) is 48.5. The first kappa shape index (κ1) is 19.3. The van der Waals surface area contributed by atoms with E-state index in [1.54, 1.807) is 0 Å². The molecule has 2 aromatic carbocycles. The molecular weight excluding hydrogens is 388 g/mol. The second kappa shape index (κ2) is 7.78. The van der Waals surface area contributed by atoms with Gasteiger partial charge in [-0.05, 0) is 23.6 Å². The summed E-state index contributed by atoms with van der Waals surface area (Å²) in [7, 11) is 0. The standard InChI is InChI=1S/C21H18N4O5/c26-18(22-10-13-23-11-8-14-4-1-2-6-16(14)23)9-12-24-20(27)15-5-3-7-17(25(29)30)19(15)21(24)28/h1-8,11H,9-10,12-13H2,(H,22,26). The topological polar surface area (TPSA) is 115 Å². The maximum absolute atomic E-state index is 12.5. The molecule has 0 aliphatic carbocycles. The van der Waals surface area contributed by atoms with Crippen LogP contribution in [0.5, 0.6) is 0 Å². The predicted molar refractivity (Wildman–Crippen MR) is 108 cm³/mol. The number of aromatic nitrogens is 1. The zero-order chi connectivity index (χ0) is 21.3. The minimum absolute atomic E-state index is 0.00547. The van der Waals surface area contributed by atoms with Crippen molar-refractivity contribution in [1.29, 1.82) is 0 Å². The molecule has 3 aromatic rings. The van der Waals surface area contributed by atoms with Crippen LogP contribution in [0.4, 0.5) is 5.69 Å². The van der Waals surface area contributed by atoms with Gasteiger partial charge in [0.1, 0.15) is 5.56 Å². The second-order valence-electron chi connectivity index (χ2n) is 6.89. The van der Waals surface area contributed by atoms with Crippen LogP contribution in [0.1, 0.15) is 27.1 Å². The fourth-order valence-electron chi connectivity index (χ4n) is 3.62. The molecule has 152 valence electrons. The van der Waals surface area contributed by atoms with Gasteiger partial charge in [-0.25, -0.2) is 0 Å². The highest BCUT2D eigenvalue weighted by molar-refractivity contribution is 6.23. The van der Waals surface area contributed by atoms with Gasteiger partial charge >= 0.3 is 0 Å². The number of carbonyl (C=O) groups excluding carboxylic acids is 3. The number of nitro benzene ring substituents is 1. The van der Waals surface area contributed by atoms with Gasteiger partial charge in [-0.3, -0.25) is 29.4 Å². The molecule has 0 saturated carbocycles. The summed E-state index contributed by atoms with van der Waals surface area (Å²) in [5, 5.41) is 15.0. The number of amides is 3. The zero-order valence-electron chi connectivity index (χ0n) is 15.9. The molecule has 1 aliphatic heterocycles. The van der Waals surface area contributed by atoms with Gasteiger partial charge in [0.05, 0.1) is 10.5 Å². The van der Waals surface area contributed by atoms with Crippen LogP contribution in [-0.4, -0.2) is 45.2 Å². The van der Waals surface area contributed by atoms with Crippen LogP contribution in [-0.2, 0) is 11.3 Å². The summed E-state index contributed by atoms with van der Waals surface area (Å²) in [6.45, 7) is 0.839. The Labute approximate surface area is 171 Å².